The van der Waals surface area contributed by atoms with Gasteiger partial charge in [0.05, 0.1) is 23.3 Å². The second-order valence-electron chi connectivity index (χ2n) is 14.7. The third-order valence-corrected chi connectivity index (χ3v) is 15.6. The molecule has 1 N–H and O–H groups in total. The van der Waals surface area contributed by atoms with Gasteiger partial charge < -0.3 is 19.0 Å². The van der Waals surface area contributed by atoms with Crippen LogP contribution in [-0.4, -0.2) is 54.7 Å². The Morgan fingerprint density at radius 3 is 2.41 bits per heavy atom. The summed E-state index contributed by atoms with van der Waals surface area (Å²) in [7, 11) is -2.02. The standard InChI is InChI=1S/C31H53ClO6Si/c1-11-30(7,8)28(34)37-24-16-20(3)27(32)31(35)15-14-19(2)23(26(24)31)13-12-21-17-22(18-25(33)36-21)38-39(9,10)29(4,5)6/h14-15,19-24,26-27,35H,11-13,16-18H2,1-10H3/t19-,20+,21+,22+,23-,24-,26-,27-,31-/m1/s1. The van der Waals surface area contributed by atoms with Gasteiger partial charge >= 0.3 is 11.9 Å². The minimum atomic E-state index is -2.02. The van der Waals surface area contributed by atoms with Crippen molar-refractivity contribution in [2.24, 2.45) is 29.1 Å². The van der Waals surface area contributed by atoms with Crippen molar-refractivity contribution in [2.45, 2.75) is 141 Å². The van der Waals surface area contributed by atoms with E-state index in [0.29, 0.717) is 32.1 Å². The average Bonchev–Trinajstić information content (AvgIpc) is 2.81. The number of rotatable bonds is 8. The molecule has 0 aromatic heterocycles. The summed E-state index contributed by atoms with van der Waals surface area (Å²) in [5, 5.41) is 11.6. The van der Waals surface area contributed by atoms with E-state index in [4.69, 9.17) is 25.5 Å². The molecule has 1 saturated carbocycles. The van der Waals surface area contributed by atoms with Crippen LogP contribution in [0.4, 0.5) is 0 Å². The number of esters is 2. The lowest BCUT2D eigenvalue weighted by molar-refractivity contribution is -0.183. The van der Waals surface area contributed by atoms with E-state index in [1.807, 2.05) is 33.8 Å². The zero-order valence-electron chi connectivity index (χ0n) is 25.9. The van der Waals surface area contributed by atoms with Crippen LogP contribution < -0.4 is 0 Å². The van der Waals surface area contributed by atoms with Crippen LogP contribution in [-0.2, 0) is 23.5 Å². The van der Waals surface area contributed by atoms with Gasteiger partial charge in [-0.1, -0.05) is 53.7 Å². The van der Waals surface area contributed by atoms with E-state index in [1.165, 1.54) is 0 Å². The molecule has 0 amide bonds. The number of carbonyl (C=O) groups is 2. The molecule has 39 heavy (non-hydrogen) atoms. The number of halogens is 1. The quantitative estimate of drug-likeness (QED) is 0.143. The molecule has 8 heteroatoms. The molecule has 2 aliphatic carbocycles. The van der Waals surface area contributed by atoms with E-state index in [1.54, 1.807) is 0 Å². The predicted molar refractivity (Wildman–Crippen MR) is 158 cm³/mol. The second-order valence-corrected chi connectivity index (χ2v) is 19.9. The van der Waals surface area contributed by atoms with Crippen molar-refractivity contribution in [3.63, 3.8) is 0 Å². The molecule has 0 spiro atoms. The maximum atomic E-state index is 13.2. The van der Waals surface area contributed by atoms with Gasteiger partial charge in [-0.15, -0.1) is 11.6 Å². The predicted octanol–water partition coefficient (Wildman–Crippen LogP) is 7.03. The summed E-state index contributed by atoms with van der Waals surface area (Å²) in [6.07, 6.45) is 6.77. The Bertz CT molecular complexity index is 927. The van der Waals surface area contributed by atoms with Crippen LogP contribution in [0.5, 0.6) is 0 Å². The lowest BCUT2D eigenvalue weighted by Gasteiger charge is -2.54. The maximum absolute atomic E-state index is 13.2. The number of carbonyl (C=O) groups excluding carboxylic acids is 2. The number of ether oxygens (including phenoxy) is 2. The summed E-state index contributed by atoms with van der Waals surface area (Å²) in [4.78, 5) is 25.7. The average molecular weight is 585 g/mol. The molecule has 3 rings (SSSR count). The molecule has 0 radical (unpaired) electrons. The fourth-order valence-corrected chi connectivity index (χ4v) is 7.94. The molecular weight excluding hydrogens is 532 g/mol. The SMILES string of the molecule is CCC(C)(C)C(=O)O[C@@H]1C[C@H](C)[C@@H](Cl)[C@@]2(O)C=C[C@@H](C)[C@@H](CC[C@H]3C[C@H](O[Si](C)(C)C(C)(C)C)CC(=O)O3)[C@H]12. The zero-order valence-corrected chi connectivity index (χ0v) is 27.6. The van der Waals surface area contributed by atoms with Crippen LogP contribution in [0.3, 0.4) is 0 Å². The highest BCUT2D eigenvalue weighted by Crippen LogP contribution is 2.52. The maximum Gasteiger partial charge on any atom is 0.311 e. The molecule has 3 aliphatic rings. The normalized spacial score (nSPS) is 37.7. The monoisotopic (exact) mass is 584 g/mol. The summed E-state index contributed by atoms with van der Waals surface area (Å²) in [5.74, 6) is -0.592. The van der Waals surface area contributed by atoms with Crippen molar-refractivity contribution < 1.29 is 28.6 Å². The van der Waals surface area contributed by atoms with Crippen LogP contribution >= 0.6 is 11.6 Å². The van der Waals surface area contributed by atoms with E-state index >= 15 is 0 Å². The first-order valence-corrected chi connectivity index (χ1v) is 18.3. The first-order chi connectivity index (χ1) is 17.8. The molecule has 0 aromatic rings. The lowest BCUT2D eigenvalue weighted by atomic mass is 9.58. The van der Waals surface area contributed by atoms with E-state index in [-0.39, 0.29) is 52.9 Å². The highest BCUT2D eigenvalue weighted by Gasteiger charge is 2.58. The Kier molecular flexibility index (Phi) is 9.85. The van der Waals surface area contributed by atoms with Crippen LogP contribution in [0.25, 0.3) is 0 Å². The number of cyclic esters (lactones) is 1. The van der Waals surface area contributed by atoms with Gasteiger partial charge in [-0.05, 0) is 75.4 Å². The van der Waals surface area contributed by atoms with E-state index in [0.717, 1.165) is 6.42 Å². The number of alkyl halides is 1. The van der Waals surface area contributed by atoms with Gasteiger partial charge in [0.2, 0.25) is 0 Å². The zero-order chi connectivity index (χ0) is 29.6. The van der Waals surface area contributed by atoms with Crippen LogP contribution in [0.15, 0.2) is 12.2 Å². The van der Waals surface area contributed by atoms with Crippen LogP contribution in [0.1, 0.15) is 93.9 Å². The molecule has 0 bridgehead atoms. The third kappa shape index (κ3) is 6.95. The third-order valence-electron chi connectivity index (χ3n) is 10.3. The number of aliphatic hydroxyl groups is 1. The summed E-state index contributed by atoms with van der Waals surface area (Å²) < 4.78 is 18.6. The van der Waals surface area contributed by atoms with Crippen molar-refractivity contribution in [1.82, 2.24) is 0 Å². The largest absolute Gasteiger partial charge is 0.462 e. The lowest BCUT2D eigenvalue weighted by Crippen LogP contribution is -2.62. The Balaban J connectivity index is 1.80. The minimum absolute atomic E-state index is 0.0123. The Labute approximate surface area is 242 Å². The molecule has 6 nitrogen and oxygen atoms in total. The van der Waals surface area contributed by atoms with Crippen molar-refractivity contribution in [2.75, 3.05) is 0 Å². The highest BCUT2D eigenvalue weighted by atomic mass is 35.5. The Morgan fingerprint density at radius 2 is 1.82 bits per heavy atom. The molecule has 1 heterocycles. The molecule has 0 unspecified atom stereocenters. The van der Waals surface area contributed by atoms with Crippen molar-refractivity contribution in [1.29, 1.82) is 0 Å². The topological polar surface area (TPSA) is 82.1 Å². The smallest absolute Gasteiger partial charge is 0.311 e. The van der Waals surface area contributed by atoms with Gasteiger partial charge in [0.1, 0.15) is 17.8 Å². The molecule has 0 aromatic carbocycles. The first-order valence-electron chi connectivity index (χ1n) is 15.0. The van der Waals surface area contributed by atoms with Crippen LogP contribution in [0, 0.1) is 29.1 Å². The van der Waals surface area contributed by atoms with E-state index < -0.39 is 30.8 Å². The van der Waals surface area contributed by atoms with Gasteiger partial charge in [0.15, 0.2) is 8.32 Å². The Morgan fingerprint density at radius 1 is 1.18 bits per heavy atom. The molecule has 9 atom stereocenters. The van der Waals surface area contributed by atoms with Gasteiger partial charge in [0, 0.05) is 12.3 Å². The van der Waals surface area contributed by atoms with Gasteiger partial charge in [-0.3, -0.25) is 9.59 Å². The number of fused-ring (bicyclic) bond motifs is 1. The molecule has 2 fully saturated rings. The summed E-state index contributed by atoms with van der Waals surface area (Å²) in [6, 6.07) is 0. The Hall–Kier alpha value is -0.893. The summed E-state index contributed by atoms with van der Waals surface area (Å²) >= 11 is 6.88. The van der Waals surface area contributed by atoms with E-state index in [2.05, 4.69) is 46.9 Å². The fourth-order valence-electron chi connectivity index (χ4n) is 6.26. The fraction of sp³-hybridized carbons (Fsp3) is 0.871. The van der Waals surface area contributed by atoms with Crippen LogP contribution in [0.2, 0.25) is 18.1 Å². The number of allylic oxidation sites excluding steroid dienone is 1. The van der Waals surface area contributed by atoms with Crippen molar-refractivity contribution >= 4 is 31.9 Å². The first kappa shape index (κ1) is 32.6. The number of hydrogen-bond donors (Lipinski definition) is 1. The number of hydrogen-bond acceptors (Lipinski definition) is 6. The van der Waals surface area contributed by atoms with Gasteiger partial charge in [-0.25, -0.2) is 0 Å². The summed E-state index contributed by atoms with van der Waals surface area (Å²) in [6.45, 7) is 21.0. The minimum Gasteiger partial charge on any atom is -0.462 e. The van der Waals surface area contributed by atoms with Crippen molar-refractivity contribution in [3.05, 3.63) is 12.2 Å². The van der Waals surface area contributed by atoms with E-state index in [9.17, 15) is 14.7 Å². The van der Waals surface area contributed by atoms with Gasteiger partial charge in [-0.2, -0.15) is 0 Å². The molecule has 1 saturated heterocycles. The molecular formula is C31H53ClO6Si. The van der Waals surface area contributed by atoms with Gasteiger partial charge in [0.25, 0.3) is 0 Å². The molecule has 224 valence electrons. The van der Waals surface area contributed by atoms with Crippen molar-refractivity contribution in [3.8, 4) is 0 Å². The highest BCUT2D eigenvalue weighted by molar-refractivity contribution is 6.74. The second kappa shape index (κ2) is 11.8. The summed E-state index contributed by atoms with van der Waals surface area (Å²) in [5.41, 5.74) is -1.87. The molecule has 1 aliphatic heterocycles.